The lowest BCUT2D eigenvalue weighted by molar-refractivity contribution is -0.156. The predicted octanol–water partition coefficient (Wildman–Crippen LogP) is 4.05. The molecule has 29 heavy (non-hydrogen) atoms. The van der Waals surface area contributed by atoms with E-state index in [1.807, 2.05) is 39.0 Å². The molecule has 0 bridgehead atoms. The molecule has 6 nitrogen and oxygen atoms in total. The van der Waals surface area contributed by atoms with Gasteiger partial charge in [-0.1, -0.05) is 28.1 Å². The highest BCUT2D eigenvalue weighted by Gasteiger charge is 2.22. The summed E-state index contributed by atoms with van der Waals surface area (Å²) in [6.07, 6.45) is 1.77. The number of piperazine rings is 1. The van der Waals surface area contributed by atoms with Crippen molar-refractivity contribution in [3.63, 3.8) is 0 Å². The number of hydrogen-bond acceptors (Lipinski definition) is 6. The third-order valence-electron chi connectivity index (χ3n) is 4.57. The molecule has 1 aromatic carbocycles. The van der Waals surface area contributed by atoms with E-state index in [9.17, 15) is 4.79 Å². The topological polar surface area (TPSA) is 57.7 Å². The van der Waals surface area contributed by atoms with Crippen molar-refractivity contribution in [1.82, 2.24) is 14.8 Å². The van der Waals surface area contributed by atoms with Crippen molar-refractivity contribution in [2.24, 2.45) is 0 Å². The lowest BCUT2D eigenvalue weighted by Crippen LogP contribution is -2.48. The summed E-state index contributed by atoms with van der Waals surface area (Å²) in [7, 11) is 0. The van der Waals surface area contributed by atoms with Gasteiger partial charge in [-0.05, 0) is 50.6 Å². The molecule has 0 spiro atoms. The number of ether oxygens (including phenoxy) is 1. The summed E-state index contributed by atoms with van der Waals surface area (Å²) in [6.45, 7) is 10.6. The number of esters is 1. The fraction of sp³-hybridized carbons (Fsp3) is 0.455. The fourth-order valence-electron chi connectivity index (χ4n) is 3.29. The van der Waals surface area contributed by atoms with Crippen molar-refractivity contribution in [3.05, 3.63) is 52.6 Å². The molecular weight excluding hydrogens is 432 g/mol. The van der Waals surface area contributed by atoms with Crippen LogP contribution in [-0.2, 0) is 16.1 Å². The first-order chi connectivity index (χ1) is 13.8. The van der Waals surface area contributed by atoms with E-state index in [2.05, 4.69) is 54.2 Å². The minimum absolute atomic E-state index is 0.147. The van der Waals surface area contributed by atoms with E-state index in [-0.39, 0.29) is 5.97 Å². The van der Waals surface area contributed by atoms with Crippen LogP contribution in [0.5, 0.6) is 0 Å². The Morgan fingerprint density at radius 2 is 1.86 bits per heavy atom. The number of rotatable bonds is 6. The van der Waals surface area contributed by atoms with Gasteiger partial charge < -0.3 is 10.1 Å². The van der Waals surface area contributed by atoms with E-state index in [1.54, 1.807) is 6.20 Å². The third-order valence-corrected chi connectivity index (χ3v) is 5.06. The average Bonchev–Trinajstić information content (AvgIpc) is 2.62. The number of carbonyl (C=O) groups is 1. The normalized spacial score (nSPS) is 15.9. The van der Waals surface area contributed by atoms with Gasteiger partial charge >= 0.3 is 5.97 Å². The van der Waals surface area contributed by atoms with E-state index in [0.717, 1.165) is 48.7 Å². The Morgan fingerprint density at radius 1 is 1.14 bits per heavy atom. The Balaban J connectivity index is 1.48. The van der Waals surface area contributed by atoms with Crippen LogP contribution in [0, 0.1) is 0 Å². The van der Waals surface area contributed by atoms with Crippen LogP contribution in [0.25, 0.3) is 0 Å². The van der Waals surface area contributed by atoms with Gasteiger partial charge in [0.15, 0.2) is 0 Å². The van der Waals surface area contributed by atoms with Crippen LogP contribution < -0.4 is 5.32 Å². The van der Waals surface area contributed by atoms with Crippen LogP contribution in [-0.4, -0.2) is 59.1 Å². The van der Waals surface area contributed by atoms with Crippen LogP contribution in [0.2, 0.25) is 0 Å². The van der Waals surface area contributed by atoms with Crippen molar-refractivity contribution in [2.75, 3.05) is 38.0 Å². The minimum atomic E-state index is -0.427. The first-order valence-electron chi connectivity index (χ1n) is 9.91. The Bertz CT molecular complexity index is 830. The minimum Gasteiger partial charge on any atom is -0.459 e. The van der Waals surface area contributed by atoms with Crippen LogP contribution in [0.15, 0.2) is 47.1 Å². The lowest BCUT2D eigenvalue weighted by atomic mass is 10.1. The van der Waals surface area contributed by atoms with Crippen molar-refractivity contribution in [1.29, 1.82) is 0 Å². The summed E-state index contributed by atoms with van der Waals surface area (Å²) in [4.78, 5) is 20.9. The summed E-state index contributed by atoms with van der Waals surface area (Å²) in [5, 5.41) is 3.35. The molecular formula is C22H29BrN4O2. The maximum atomic E-state index is 12.0. The lowest BCUT2D eigenvalue weighted by Gasteiger charge is -2.34. The summed E-state index contributed by atoms with van der Waals surface area (Å²) in [5.41, 5.74) is 1.85. The zero-order valence-corrected chi connectivity index (χ0v) is 18.9. The maximum absolute atomic E-state index is 12.0. The Morgan fingerprint density at radius 3 is 2.55 bits per heavy atom. The molecule has 0 atom stereocenters. The zero-order chi connectivity index (χ0) is 20.9. The molecule has 2 aromatic rings. The number of aromatic nitrogens is 1. The first-order valence-corrected chi connectivity index (χ1v) is 10.7. The standard InChI is InChI=1S/C22H29BrN4O2/c1-22(2,3)29-21(28)16-27-11-9-26(10-12-27)15-17-5-4-6-19(13-17)25-20-14-18(23)7-8-24-20/h4-8,13-14H,9-12,15-16H2,1-3H3,(H,24,25). The highest BCUT2D eigenvalue weighted by molar-refractivity contribution is 9.10. The van der Waals surface area contributed by atoms with E-state index in [1.165, 1.54) is 5.56 Å². The molecule has 1 saturated heterocycles. The van der Waals surface area contributed by atoms with Crippen molar-refractivity contribution in [3.8, 4) is 0 Å². The third kappa shape index (κ3) is 7.42. The molecule has 156 valence electrons. The molecule has 2 heterocycles. The van der Waals surface area contributed by atoms with Crippen molar-refractivity contribution in [2.45, 2.75) is 32.9 Å². The van der Waals surface area contributed by atoms with Crippen LogP contribution in [0.1, 0.15) is 26.3 Å². The second-order valence-electron chi connectivity index (χ2n) is 8.32. The Hall–Kier alpha value is -1.96. The highest BCUT2D eigenvalue weighted by atomic mass is 79.9. The number of hydrogen-bond donors (Lipinski definition) is 1. The molecule has 1 fully saturated rings. The summed E-state index contributed by atoms with van der Waals surface area (Å²) < 4.78 is 6.42. The SMILES string of the molecule is CC(C)(C)OC(=O)CN1CCN(Cc2cccc(Nc3cc(Br)ccn3)c2)CC1. The molecule has 3 rings (SSSR count). The van der Waals surface area contributed by atoms with Gasteiger partial charge in [-0.25, -0.2) is 4.98 Å². The van der Waals surface area contributed by atoms with Gasteiger partial charge in [0.2, 0.25) is 0 Å². The Kier molecular flexibility index (Phi) is 7.27. The van der Waals surface area contributed by atoms with Gasteiger partial charge in [-0.2, -0.15) is 0 Å². The van der Waals surface area contributed by atoms with Gasteiger partial charge in [-0.15, -0.1) is 0 Å². The molecule has 1 aromatic heterocycles. The maximum Gasteiger partial charge on any atom is 0.320 e. The molecule has 0 unspecified atom stereocenters. The number of nitrogens with zero attached hydrogens (tertiary/aromatic N) is 3. The number of benzene rings is 1. The Labute approximate surface area is 181 Å². The molecule has 1 N–H and O–H groups in total. The van der Waals surface area contributed by atoms with Crippen molar-refractivity contribution >= 4 is 33.4 Å². The molecule has 1 aliphatic rings. The van der Waals surface area contributed by atoms with Crippen LogP contribution in [0.3, 0.4) is 0 Å². The number of anilines is 2. The van der Waals surface area contributed by atoms with Gasteiger partial charge in [-0.3, -0.25) is 14.6 Å². The predicted molar refractivity (Wildman–Crippen MR) is 119 cm³/mol. The van der Waals surface area contributed by atoms with Gasteiger partial charge in [0.05, 0.1) is 6.54 Å². The molecule has 0 saturated carbocycles. The molecule has 0 radical (unpaired) electrons. The van der Waals surface area contributed by atoms with Gasteiger partial charge in [0.1, 0.15) is 11.4 Å². The number of halogens is 1. The largest absolute Gasteiger partial charge is 0.459 e. The average molecular weight is 461 g/mol. The van der Waals surface area contributed by atoms with Crippen LogP contribution in [0.4, 0.5) is 11.5 Å². The van der Waals surface area contributed by atoms with E-state index in [4.69, 9.17) is 4.74 Å². The number of nitrogens with one attached hydrogen (secondary N) is 1. The number of carbonyl (C=O) groups excluding carboxylic acids is 1. The molecule has 1 aliphatic heterocycles. The highest BCUT2D eigenvalue weighted by Crippen LogP contribution is 2.20. The van der Waals surface area contributed by atoms with Gasteiger partial charge in [0, 0.05) is 49.1 Å². The summed E-state index contributed by atoms with van der Waals surface area (Å²) >= 11 is 3.47. The van der Waals surface area contributed by atoms with Crippen molar-refractivity contribution < 1.29 is 9.53 Å². The quantitative estimate of drug-likeness (QED) is 0.656. The second-order valence-corrected chi connectivity index (χ2v) is 9.24. The first kappa shape index (κ1) is 21.7. The van der Waals surface area contributed by atoms with E-state index in [0.29, 0.717) is 6.54 Å². The fourth-order valence-corrected chi connectivity index (χ4v) is 3.62. The monoisotopic (exact) mass is 460 g/mol. The van der Waals surface area contributed by atoms with E-state index >= 15 is 0 Å². The number of pyridine rings is 1. The molecule has 0 aliphatic carbocycles. The zero-order valence-electron chi connectivity index (χ0n) is 17.3. The van der Waals surface area contributed by atoms with E-state index < -0.39 is 5.60 Å². The summed E-state index contributed by atoms with van der Waals surface area (Å²) in [5.74, 6) is 0.665. The smallest absolute Gasteiger partial charge is 0.320 e. The summed E-state index contributed by atoms with van der Waals surface area (Å²) in [6, 6.07) is 12.3. The second kappa shape index (κ2) is 9.69. The van der Waals surface area contributed by atoms with Gasteiger partial charge in [0.25, 0.3) is 0 Å². The molecule has 7 heteroatoms. The van der Waals surface area contributed by atoms with Crippen LogP contribution >= 0.6 is 15.9 Å². The molecule has 0 amide bonds.